The molecule has 0 bridgehead atoms. The van der Waals surface area contributed by atoms with Crippen LogP contribution in [0.3, 0.4) is 0 Å². The van der Waals surface area contributed by atoms with Gasteiger partial charge in [0.2, 0.25) is 0 Å². The summed E-state index contributed by atoms with van der Waals surface area (Å²) in [5, 5.41) is 13.9. The molecule has 7 nitrogen and oxygen atoms in total. The number of rotatable bonds is 9. The molecule has 0 radical (unpaired) electrons. The van der Waals surface area contributed by atoms with Gasteiger partial charge >= 0.3 is 5.97 Å². The number of hydrogen-bond acceptors (Lipinski definition) is 7. The van der Waals surface area contributed by atoms with Crippen LogP contribution in [0.25, 0.3) is 0 Å². The maximum atomic E-state index is 13.7. The molecule has 180 valence electrons. The van der Waals surface area contributed by atoms with Gasteiger partial charge < -0.3 is 20.0 Å². The molecule has 1 heterocycles. The molecule has 0 amide bonds. The monoisotopic (exact) mass is 485 g/mol. The second-order valence-electron chi connectivity index (χ2n) is 7.96. The Labute approximate surface area is 202 Å². The lowest BCUT2D eigenvalue weighted by atomic mass is 10.0. The van der Waals surface area contributed by atoms with Gasteiger partial charge in [-0.2, -0.15) is 4.73 Å². The van der Waals surface area contributed by atoms with Crippen molar-refractivity contribution in [3.8, 4) is 5.75 Å². The Morgan fingerprint density at radius 3 is 2.47 bits per heavy atom. The summed E-state index contributed by atoms with van der Waals surface area (Å²) < 4.78 is 24.7. The maximum Gasteiger partial charge on any atom is 0.330 e. The van der Waals surface area contributed by atoms with E-state index in [1.165, 1.54) is 31.0 Å². The van der Waals surface area contributed by atoms with Gasteiger partial charge in [-0.15, -0.1) is 0 Å². The van der Waals surface area contributed by atoms with Crippen molar-refractivity contribution in [2.45, 2.75) is 36.1 Å². The summed E-state index contributed by atoms with van der Waals surface area (Å²) in [7, 11) is 2.91. The Balaban J connectivity index is 2.08. The maximum absolute atomic E-state index is 13.7. The van der Waals surface area contributed by atoms with Crippen LogP contribution in [0, 0.1) is 11.7 Å². The van der Waals surface area contributed by atoms with E-state index in [-0.39, 0.29) is 17.2 Å². The zero-order valence-electron chi connectivity index (χ0n) is 19.5. The van der Waals surface area contributed by atoms with Gasteiger partial charge in [0.15, 0.2) is 5.49 Å². The fraction of sp³-hybridized carbons (Fsp3) is 0.280. The molecule has 0 aliphatic heterocycles. The van der Waals surface area contributed by atoms with Gasteiger partial charge in [0.25, 0.3) is 0 Å². The first-order chi connectivity index (χ1) is 16.3. The smallest absolute Gasteiger partial charge is 0.330 e. The van der Waals surface area contributed by atoms with Crippen molar-refractivity contribution in [1.29, 1.82) is 0 Å². The number of esters is 1. The average molecular weight is 486 g/mol. The molecular weight excluding hydrogens is 457 g/mol. The summed E-state index contributed by atoms with van der Waals surface area (Å²) in [6.07, 6.45) is 0.454. The number of aromatic nitrogens is 1. The van der Waals surface area contributed by atoms with E-state index in [2.05, 4.69) is 10.3 Å². The van der Waals surface area contributed by atoms with Gasteiger partial charge in [-0.05, 0) is 66.9 Å². The first-order valence-electron chi connectivity index (χ1n) is 10.7. The highest BCUT2D eigenvalue weighted by atomic mass is 32.2. The van der Waals surface area contributed by atoms with Crippen LogP contribution in [-0.4, -0.2) is 36.2 Å². The Kier molecular flexibility index (Phi) is 8.59. The van der Waals surface area contributed by atoms with Crippen LogP contribution in [0.2, 0.25) is 0 Å². The van der Waals surface area contributed by atoms with Gasteiger partial charge in [-0.3, -0.25) is 4.99 Å². The van der Waals surface area contributed by atoms with E-state index >= 15 is 0 Å². The first-order valence-corrected chi connectivity index (χ1v) is 11.5. The molecule has 0 saturated heterocycles. The lowest BCUT2D eigenvalue weighted by Gasteiger charge is -2.16. The number of methoxy groups -OCH3 is 2. The number of carbonyl (C=O) groups is 1. The number of nitrogens with one attached hydrogen (secondary N) is 1. The Morgan fingerprint density at radius 2 is 1.85 bits per heavy atom. The lowest BCUT2D eigenvalue weighted by molar-refractivity contribution is -0.142. The molecule has 0 fully saturated rings. The number of carbonyl (C=O) groups excluding carboxylic acids is 1. The Hall–Kier alpha value is -3.46. The summed E-state index contributed by atoms with van der Waals surface area (Å²) in [6, 6.07) is 16.0. The molecular formula is C25H28FN3O4S. The number of anilines is 2. The molecule has 34 heavy (non-hydrogen) atoms. The summed E-state index contributed by atoms with van der Waals surface area (Å²) >= 11 is 1.44. The molecule has 0 spiro atoms. The van der Waals surface area contributed by atoms with Crippen LogP contribution in [-0.2, 0) is 9.53 Å². The molecule has 9 heteroatoms. The van der Waals surface area contributed by atoms with Crippen molar-refractivity contribution < 1.29 is 23.9 Å². The topological polar surface area (TPSA) is 85.1 Å². The van der Waals surface area contributed by atoms with Crippen LogP contribution in [0.4, 0.5) is 15.9 Å². The summed E-state index contributed by atoms with van der Waals surface area (Å²) in [4.78, 5) is 18.5. The van der Waals surface area contributed by atoms with Crippen LogP contribution < -0.4 is 15.5 Å². The molecule has 0 saturated carbocycles. The van der Waals surface area contributed by atoms with Gasteiger partial charge in [0, 0.05) is 15.5 Å². The SMILES string of the molecule is COC(=O)[C@H](CC(C)C)N=c1cc(Sc2ccc(OC)cc2)cc(Nc2cccc(F)c2)n1O. The normalized spacial score (nSPS) is 12.5. The van der Waals surface area contributed by atoms with E-state index in [1.807, 2.05) is 38.1 Å². The zero-order chi connectivity index (χ0) is 24.7. The predicted octanol–water partition coefficient (Wildman–Crippen LogP) is 5.26. The number of hydrogen-bond donors (Lipinski definition) is 2. The van der Waals surface area contributed by atoms with Crippen molar-refractivity contribution >= 4 is 29.2 Å². The third kappa shape index (κ3) is 6.77. The molecule has 3 aromatic rings. The number of ether oxygens (including phenoxy) is 2. The van der Waals surface area contributed by atoms with Crippen molar-refractivity contribution in [2.75, 3.05) is 19.5 Å². The largest absolute Gasteiger partial charge is 0.497 e. The van der Waals surface area contributed by atoms with Crippen molar-refractivity contribution in [3.63, 3.8) is 0 Å². The van der Waals surface area contributed by atoms with Gasteiger partial charge in [-0.25, -0.2) is 9.18 Å². The fourth-order valence-electron chi connectivity index (χ4n) is 3.23. The zero-order valence-corrected chi connectivity index (χ0v) is 20.3. The molecule has 3 rings (SSSR count). The summed E-state index contributed by atoms with van der Waals surface area (Å²) in [5.74, 6) is 0.287. The fourth-order valence-corrected chi connectivity index (χ4v) is 4.11. The minimum absolute atomic E-state index is 0.161. The minimum Gasteiger partial charge on any atom is -0.497 e. The highest BCUT2D eigenvalue weighted by molar-refractivity contribution is 7.99. The first kappa shape index (κ1) is 25.2. The molecule has 1 aromatic heterocycles. The Morgan fingerprint density at radius 1 is 1.12 bits per heavy atom. The molecule has 0 aliphatic rings. The summed E-state index contributed by atoms with van der Waals surface area (Å²) in [6.45, 7) is 3.96. The van der Waals surface area contributed by atoms with Crippen LogP contribution in [0.15, 0.2) is 75.4 Å². The second kappa shape index (κ2) is 11.6. The molecule has 0 aliphatic carbocycles. The van der Waals surface area contributed by atoms with E-state index in [4.69, 9.17) is 9.47 Å². The van der Waals surface area contributed by atoms with E-state index in [9.17, 15) is 14.4 Å². The van der Waals surface area contributed by atoms with Crippen LogP contribution in [0.5, 0.6) is 5.75 Å². The highest BCUT2D eigenvalue weighted by Crippen LogP contribution is 2.30. The quantitative estimate of drug-likeness (QED) is 0.318. The van der Waals surface area contributed by atoms with Gasteiger partial charge in [-0.1, -0.05) is 31.7 Å². The molecule has 2 N–H and O–H groups in total. The van der Waals surface area contributed by atoms with E-state index in [0.29, 0.717) is 12.1 Å². The predicted molar refractivity (Wildman–Crippen MR) is 129 cm³/mol. The molecule has 0 unspecified atom stereocenters. The lowest BCUT2D eigenvalue weighted by Crippen LogP contribution is -2.29. The standard InChI is InChI=1S/C25H28FN3O4S/c1-16(2)12-22(25(30)33-4)28-24-15-21(34-20-10-8-19(32-3)9-11-20)14-23(29(24)31)27-18-7-5-6-17(26)13-18/h5-11,13-16,22,27,31H,12H2,1-4H3/t22-/m0/s1. The van der Waals surface area contributed by atoms with E-state index < -0.39 is 17.8 Å². The Bertz CT molecular complexity index is 1200. The van der Waals surface area contributed by atoms with Crippen molar-refractivity contribution in [2.24, 2.45) is 10.9 Å². The van der Waals surface area contributed by atoms with E-state index in [1.54, 1.807) is 31.4 Å². The highest BCUT2D eigenvalue weighted by Gasteiger charge is 2.20. The molecule has 2 aromatic carbocycles. The van der Waals surface area contributed by atoms with E-state index in [0.717, 1.165) is 20.3 Å². The average Bonchev–Trinajstić information content (AvgIpc) is 2.81. The van der Waals surface area contributed by atoms with Gasteiger partial charge in [0.1, 0.15) is 23.4 Å². The number of pyridine rings is 1. The molecule has 1 atom stereocenters. The third-order valence-electron chi connectivity index (χ3n) is 4.84. The minimum atomic E-state index is -0.786. The van der Waals surface area contributed by atoms with Crippen molar-refractivity contribution in [3.05, 3.63) is 72.0 Å². The second-order valence-corrected chi connectivity index (χ2v) is 9.10. The number of halogens is 1. The van der Waals surface area contributed by atoms with Crippen molar-refractivity contribution in [1.82, 2.24) is 4.73 Å². The van der Waals surface area contributed by atoms with Crippen LogP contribution >= 0.6 is 11.8 Å². The third-order valence-corrected chi connectivity index (χ3v) is 5.82. The number of nitrogens with zero attached hydrogens (tertiary/aromatic N) is 2. The number of benzene rings is 2. The van der Waals surface area contributed by atoms with Gasteiger partial charge in [0.05, 0.1) is 14.2 Å². The van der Waals surface area contributed by atoms with Crippen LogP contribution in [0.1, 0.15) is 20.3 Å². The summed E-state index contributed by atoms with van der Waals surface area (Å²) in [5.41, 5.74) is 0.612.